The van der Waals surface area contributed by atoms with E-state index in [4.69, 9.17) is 28.5 Å². The van der Waals surface area contributed by atoms with Crippen molar-refractivity contribution in [3.8, 4) is 6.07 Å². The Morgan fingerprint density at radius 2 is 2.10 bits per heavy atom. The Bertz CT molecular complexity index is 534. The van der Waals surface area contributed by atoms with E-state index in [1.54, 1.807) is 18.2 Å². The zero-order valence-electron chi connectivity index (χ0n) is 10.9. The van der Waals surface area contributed by atoms with Crippen molar-refractivity contribution in [3.05, 3.63) is 33.8 Å². The molecule has 20 heavy (non-hydrogen) atoms. The second-order valence-electron chi connectivity index (χ2n) is 4.81. The Hall–Kier alpha value is -1.28. The highest BCUT2D eigenvalue weighted by atomic mass is 35.5. The van der Waals surface area contributed by atoms with Crippen LogP contribution in [0.4, 0.5) is 0 Å². The molecule has 0 saturated carbocycles. The Morgan fingerprint density at radius 1 is 1.40 bits per heavy atom. The van der Waals surface area contributed by atoms with Crippen LogP contribution >= 0.6 is 23.2 Å². The molecule has 1 N–H and O–H groups in total. The SMILES string of the molecule is N#CCN1CCC(NC(=O)c2cc(Cl)ccc2Cl)CC1. The first-order valence-electron chi connectivity index (χ1n) is 6.45. The van der Waals surface area contributed by atoms with Crippen LogP contribution in [-0.4, -0.2) is 36.5 Å². The molecule has 1 heterocycles. The smallest absolute Gasteiger partial charge is 0.253 e. The summed E-state index contributed by atoms with van der Waals surface area (Å²) in [6.45, 7) is 2.09. The summed E-state index contributed by atoms with van der Waals surface area (Å²) in [5.74, 6) is -0.198. The maximum atomic E-state index is 12.2. The summed E-state index contributed by atoms with van der Waals surface area (Å²) in [6, 6.07) is 7.10. The predicted octanol–water partition coefficient (Wildman–Crippen LogP) is 2.71. The molecule has 1 fully saturated rings. The van der Waals surface area contributed by atoms with Gasteiger partial charge in [0.1, 0.15) is 0 Å². The normalized spacial score (nSPS) is 16.6. The fraction of sp³-hybridized carbons (Fsp3) is 0.429. The van der Waals surface area contributed by atoms with Crippen molar-refractivity contribution < 1.29 is 4.79 Å². The number of piperidine rings is 1. The third-order valence-electron chi connectivity index (χ3n) is 3.39. The molecule has 0 atom stereocenters. The second kappa shape index (κ2) is 6.94. The van der Waals surface area contributed by atoms with Crippen LogP contribution in [0.5, 0.6) is 0 Å². The summed E-state index contributed by atoms with van der Waals surface area (Å²) in [7, 11) is 0. The fourth-order valence-corrected chi connectivity index (χ4v) is 2.65. The minimum atomic E-state index is -0.198. The van der Waals surface area contributed by atoms with Crippen LogP contribution in [0, 0.1) is 11.3 Å². The number of amides is 1. The van der Waals surface area contributed by atoms with Crippen molar-refractivity contribution in [1.29, 1.82) is 5.26 Å². The van der Waals surface area contributed by atoms with Gasteiger partial charge in [-0.1, -0.05) is 23.2 Å². The van der Waals surface area contributed by atoms with E-state index in [0.717, 1.165) is 25.9 Å². The van der Waals surface area contributed by atoms with Gasteiger partial charge in [-0.25, -0.2) is 0 Å². The molecule has 4 nitrogen and oxygen atoms in total. The van der Waals surface area contributed by atoms with E-state index >= 15 is 0 Å². The number of hydrogen-bond donors (Lipinski definition) is 1. The fourth-order valence-electron chi connectivity index (χ4n) is 2.27. The largest absolute Gasteiger partial charge is 0.349 e. The third-order valence-corrected chi connectivity index (χ3v) is 3.95. The molecule has 0 spiro atoms. The van der Waals surface area contributed by atoms with Crippen LogP contribution in [0.25, 0.3) is 0 Å². The van der Waals surface area contributed by atoms with Gasteiger partial charge in [-0.3, -0.25) is 9.69 Å². The van der Waals surface area contributed by atoms with Crippen LogP contribution in [0.3, 0.4) is 0 Å². The number of nitriles is 1. The molecule has 0 aromatic heterocycles. The number of nitrogens with one attached hydrogen (secondary N) is 1. The average molecular weight is 312 g/mol. The maximum Gasteiger partial charge on any atom is 0.253 e. The molecule has 0 bridgehead atoms. The van der Waals surface area contributed by atoms with Crippen LogP contribution in [0.1, 0.15) is 23.2 Å². The molecule has 6 heteroatoms. The summed E-state index contributed by atoms with van der Waals surface area (Å²) in [4.78, 5) is 14.3. The number of halogens is 2. The molecule has 0 aliphatic carbocycles. The van der Waals surface area contributed by atoms with Gasteiger partial charge >= 0.3 is 0 Å². The van der Waals surface area contributed by atoms with Crippen molar-refractivity contribution in [2.45, 2.75) is 18.9 Å². The minimum absolute atomic E-state index is 0.118. The number of likely N-dealkylation sites (tertiary alicyclic amines) is 1. The van der Waals surface area contributed by atoms with Gasteiger partial charge in [0.15, 0.2) is 0 Å². The first kappa shape index (κ1) is 15.1. The first-order valence-corrected chi connectivity index (χ1v) is 7.21. The number of nitrogens with zero attached hydrogens (tertiary/aromatic N) is 2. The van der Waals surface area contributed by atoms with Crippen molar-refractivity contribution in [1.82, 2.24) is 10.2 Å². The van der Waals surface area contributed by atoms with Gasteiger partial charge in [0.2, 0.25) is 0 Å². The zero-order valence-corrected chi connectivity index (χ0v) is 12.4. The molecule has 1 aromatic rings. The molecule has 106 valence electrons. The summed E-state index contributed by atoms with van der Waals surface area (Å²) in [5.41, 5.74) is 0.402. The summed E-state index contributed by atoms with van der Waals surface area (Å²) < 4.78 is 0. The molecule has 1 aliphatic heterocycles. The van der Waals surface area contributed by atoms with Gasteiger partial charge in [-0.15, -0.1) is 0 Å². The minimum Gasteiger partial charge on any atom is -0.349 e. The van der Waals surface area contributed by atoms with Crippen LogP contribution in [0.15, 0.2) is 18.2 Å². The van der Waals surface area contributed by atoms with E-state index in [-0.39, 0.29) is 11.9 Å². The molecule has 1 aliphatic rings. The molecule has 2 rings (SSSR count). The number of carbonyl (C=O) groups is 1. The lowest BCUT2D eigenvalue weighted by Crippen LogP contribution is -2.44. The number of carbonyl (C=O) groups excluding carboxylic acids is 1. The second-order valence-corrected chi connectivity index (χ2v) is 5.65. The van der Waals surface area contributed by atoms with E-state index in [2.05, 4.69) is 16.3 Å². The summed E-state index contributed by atoms with van der Waals surface area (Å²) >= 11 is 11.9. The highest BCUT2D eigenvalue weighted by Crippen LogP contribution is 2.21. The lowest BCUT2D eigenvalue weighted by Gasteiger charge is -2.30. The van der Waals surface area contributed by atoms with Gasteiger partial charge in [0.25, 0.3) is 5.91 Å². The topological polar surface area (TPSA) is 56.1 Å². The molecule has 0 unspecified atom stereocenters. The molecular weight excluding hydrogens is 297 g/mol. The lowest BCUT2D eigenvalue weighted by molar-refractivity contribution is 0.0914. The van der Waals surface area contributed by atoms with Crippen LogP contribution in [-0.2, 0) is 0 Å². The first-order chi connectivity index (χ1) is 9.60. The van der Waals surface area contributed by atoms with Crippen molar-refractivity contribution in [2.75, 3.05) is 19.6 Å². The third kappa shape index (κ3) is 3.86. The standard InChI is InChI=1S/C14H15Cl2N3O/c15-10-1-2-13(16)12(9-10)14(20)18-11-3-6-19(7-4-11)8-5-17/h1-2,9,11H,3-4,6-8H2,(H,18,20). The molecular formula is C14H15Cl2N3O. The van der Waals surface area contributed by atoms with E-state index in [1.165, 1.54) is 0 Å². The molecule has 1 saturated heterocycles. The lowest BCUT2D eigenvalue weighted by atomic mass is 10.0. The highest BCUT2D eigenvalue weighted by Gasteiger charge is 2.21. The van der Waals surface area contributed by atoms with Gasteiger partial charge in [0, 0.05) is 24.2 Å². The Labute approximate surface area is 128 Å². The maximum absolute atomic E-state index is 12.2. The number of benzene rings is 1. The van der Waals surface area contributed by atoms with E-state index in [0.29, 0.717) is 22.2 Å². The van der Waals surface area contributed by atoms with Gasteiger partial charge in [-0.05, 0) is 31.0 Å². The van der Waals surface area contributed by atoms with Crippen molar-refractivity contribution in [2.24, 2.45) is 0 Å². The van der Waals surface area contributed by atoms with E-state index in [1.807, 2.05) is 0 Å². The van der Waals surface area contributed by atoms with Crippen molar-refractivity contribution in [3.63, 3.8) is 0 Å². The molecule has 1 aromatic carbocycles. The predicted molar refractivity (Wildman–Crippen MR) is 79.0 cm³/mol. The van der Waals surface area contributed by atoms with Gasteiger partial charge in [-0.2, -0.15) is 5.26 Å². The average Bonchev–Trinajstić information content (AvgIpc) is 2.44. The van der Waals surface area contributed by atoms with E-state index in [9.17, 15) is 4.79 Å². The van der Waals surface area contributed by atoms with Crippen molar-refractivity contribution >= 4 is 29.1 Å². The van der Waals surface area contributed by atoms with Gasteiger partial charge in [0.05, 0.1) is 23.2 Å². The Kier molecular flexibility index (Phi) is 5.24. The number of hydrogen-bond acceptors (Lipinski definition) is 3. The van der Waals surface area contributed by atoms with Gasteiger partial charge < -0.3 is 5.32 Å². The molecule has 0 radical (unpaired) electrons. The number of rotatable bonds is 3. The summed E-state index contributed by atoms with van der Waals surface area (Å²) in [5, 5.41) is 12.5. The molecule has 1 amide bonds. The Morgan fingerprint density at radius 3 is 2.75 bits per heavy atom. The summed E-state index contributed by atoms with van der Waals surface area (Å²) in [6.07, 6.45) is 1.68. The van der Waals surface area contributed by atoms with Crippen LogP contribution in [0.2, 0.25) is 10.0 Å². The van der Waals surface area contributed by atoms with E-state index < -0.39 is 0 Å². The highest BCUT2D eigenvalue weighted by molar-refractivity contribution is 6.35. The Balaban J connectivity index is 1.93. The quantitative estimate of drug-likeness (QED) is 0.873. The monoisotopic (exact) mass is 311 g/mol. The van der Waals surface area contributed by atoms with Crippen LogP contribution < -0.4 is 5.32 Å². The zero-order chi connectivity index (χ0) is 14.5.